The molecule has 0 aromatic heterocycles. The number of rotatable bonds is 12. The Kier molecular flexibility index (Phi) is 9.26. The van der Waals surface area contributed by atoms with Gasteiger partial charge in [-0.05, 0) is 44.5 Å². The first-order valence-corrected chi connectivity index (χ1v) is 13.5. The molecular formula is C31H36N4O6. The smallest absolute Gasteiger partial charge is 0.320 e. The predicted molar refractivity (Wildman–Crippen MR) is 156 cm³/mol. The zero-order valence-electron chi connectivity index (χ0n) is 23.7. The number of fused-ring (bicyclic) bond motifs is 1. The molecule has 0 saturated carbocycles. The summed E-state index contributed by atoms with van der Waals surface area (Å²) >= 11 is 0. The SMILES string of the molecule is CCOC(CN1C(=O)C(NC(=O)Nc2cccc(OC)c2)(C(C(N)=O)c2ccc(C)cc2)c2ccccc21)OCC. The van der Waals surface area contributed by atoms with E-state index in [1.54, 1.807) is 60.7 Å². The number of anilines is 2. The lowest BCUT2D eigenvalue weighted by atomic mass is 9.74. The van der Waals surface area contributed by atoms with Gasteiger partial charge in [-0.2, -0.15) is 0 Å². The summed E-state index contributed by atoms with van der Waals surface area (Å²) in [5.41, 5.74) is 7.02. The fraction of sp³-hybridized carbons (Fsp3) is 0.323. The van der Waals surface area contributed by atoms with Crippen molar-refractivity contribution < 1.29 is 28.6 Å². The van der Waals surface area contributed by atoms with Gasteiger partial charge in [-0.25, -0.2) is 4.79 Å². The van der Waals surface area contributed by atoms with Gasteiger partial charge >= 0.3 is 6.03 Å². The second kappa shape index (κ2) is 12.8. The maximum absolute atomic E-state index is 14.6. The maximum atomic E-state index is 14.6. The van der Waals surface area contributed by atoms with Crippen molar-refractivity contribution in [1.29, 1.82) is 0 Å². The quantitative estimate of drug-likeness (QED) is 0.287. The van der Waals surface area contributed by atoms with Crippen LogP contribution in [0.5, 0.6) is 5.75 Å². The molecule has 4 rings (SSSR count). The van der Waals surface area contributed by atoms with Gasteiger partial charge in [0.2, 0.25) is 5.91 Å². The number of hydrogen-bond donors (Lipinski definition) is 3. The number of benzene rings is 3. The number of carbonyl (C=O) groups is 3. The minimum Gasteiger partial charge on any atom is -0.497 e. The van der Waals surface area contributed by atoms with Crippen LogP contribution in [0.3, 0.4) is 0 Å². The van der Waals surface area contributed by atoms with Crippen LogP contribution in [0, 0.1) is 6.92 Å². The summed E-state index contributed by atoms with van der Waals surface area (Å²) < 4.78 is 16.8. The molecule has 10 nitrogen and oxygen atoms in total. The normalized spacial score (nSPS) is 16.8. The number of hydrogen-bond acceptors (Lipinski definition) is 6. The first kappa shape index (κ1) is 29.6. The molecule has 1 aliphatic rings. The Balaban J connectivity index is 1.85. The molecule has 0 fully saturated rings. The molecule has 41 heavy (non-hydrogen) atoms. The molecule has 0 bridgehead atoms. The van der Waals surface area contributed by atoms with E-state index in [9.17, 15) is 14.4 Å². The minimum atomic E-state index is -1.87. The topological polar surface area (TPSA) is 132 Å². The third-order valence-corrected chi connectivity index (χ3v) is 7.01. The zero-order chi connectivity index (χ0) is 29.6. The Morgan fingerprint density at radius 1 is 0.976 bits per heavy atom. The zero-order valence-corrected chi connectivity index (χ0v) is 23.7. The van der Waals surface area contributed by atoms with Crippen molar-refractivity contribution in [2.75, 3.05) is 37.1 Å². The van der Waals surface area contributed by atoms with Crippen LogP contribution in [0.1, 0.15) is 36.5 Å². The van der Waals surface area contributed by atoms with Crippen LogP contribution in [-0.4, -0.2) is 51.0 Å². The van der Waals surface area contributed by atoms with Crippen molar-refractivity contribution in [3.8, 4) is 5.75 Å². The largest absolute Gasteiger partial charge is 0.497 e. The van der Waals surface area contributed by atoms with Crippen LogP contribution in [0.4, 0.5) is 16.2 Å². The van der Waals surface area contributed by atoms with E-state index < -0.39 is 35.6 Å². The molecule has 4 amide bonds. The molecule has 3 aromatic carbocycles. The van der Waals surface area contributed by atoms with Crippen molar-refractivity contribution in [3.63, 3.8) is 0 Å². The number of para-hydroxylation sites is 1. The van der Waals surface area contributed by atoms with Crippen LogP contribution in [-0.2, 0) is 24.6 Å². The molecule has 10 heteroatoms. The van der Waals surface area contributed by atoms with E-state index >= 15 is 0 Å². The molecule has 2 atom stereocenters. The summed E-state index contributed by atoms with van der Waals surface area (Å²) in [5, 5.41) is 5.65. The van der Waals surface area contributed by atoms with E-state index in [-0.39, 0.29) is 6.54 Å². The minimum absolute atomic E-state index is 0.0395. The van der Waals surface area contributed by atoms with E-state index in [1.165, 1.54) is 12.0 Å². The van der Waals surface area contributed by atoms with Crippen molar-refractivity contribution in [2.24, 2.45) is 5.73 Å². The highest BCUT2D eigenvalue weighted by Gasteiger charge is 2.59. The van der Waals surface area contributed by atoms with E-state index in [1.807, 2.05) is 32.9 Å². The number of nitrogens with two attached hydrogens (primary N) is 1. The lowest BCUT2D eigenvalue weighted by molar-refractivity contribution is -0.139. The monoisotopic (exact) mass is 560 g/mol. The molecule has 0 aliphatic carbocycles. The average Bonchev–Trinajstić information content (AvgIpc) is 3.17. The van der Waals surface area contributed by atoms with Crippen molar-refractivity contribution in [1.82, 2.24) is 5.32 Å². The molecule has 0 saturated heterocycles. The van der Waals surface area contributed by atoms with Crippen molar-refractivity contribution in [3.05, 3.63) is 89.5 Å². The first-order valence-electron chi connectivity index (χ1n) is 13.5. The van der Waals surface area contributed by atoms with E-state index in [2.05, 4.69) is 10.6 Å². The van der Waals surface area contributed by atoms with Crippen LogP contribution < -0.4 is 26.0 Å². The maximum Gasteiger partial charge on any atom is 0.320 e. The number of primary amides is 1. The lowest BCUT2D eigenvalue weighted by Crippen LogP contribution is -2.60. The van der Waals surface area contributed by atoms with Gasteiger partial charge in [-0.15, -0.1) is 0 Å². The van der Waals surface area contributed by atoms with Crippen LogP contribution >= 0.6 is 0 Å². The average molecular weight is 561 g/mol. The molecular weight excluding hydrogens is 524 g/mol. The highest BCUT2D eigenvalue weighted by atomic mass is 16.7. The Morgan fingerprint density at radius 3 is 2.29 bits per heavy atom. The Bertz CT molecular complexity index is 1390. The lowest BCUT2D eigenvalue weighted by Gasteiger charge is -2.36. The molecule has 216 valence electrons. The summed E-state index contributed by atoms with van der Waals surface area (Å²) in [6, 6.07) is 20.3. The fourth-order valence-corrected chi connectivity index (χ4v) is 5.24. The number of methoxy groups -OCH3 is 1. The number of urea groups is 1. The molecule has 1 heterocycles. The van der Waals surface area contributed by atoms with Gasteiger partial charge in [0.25, 0.3) is 5.91 Å². The molecule has 0 radical (unpaired) electrons. The van der Waals surface area contributed by atoms with Crippen LogP contribution in [0.2, 0.25) is 0 Å². The molecule has 2 unspecified atom stereocenters. The summed E-state index contributed by atoms with van der Waals surface area (Å²) in [4.78, 5) is 43.1. The van der Waals surface area contributed by atoms with Gasteiger partial charge in [0.15, 0.2) is 11.8 Å². The summed E-state index contributed by atoms with van der Waals surface area (Å²) in [6.07, 6.45) is -0.727. The van der Waals surface area contributed by atoms with Crippen molar-refractivity contribution in [2.45, 2.75) is 38.5 Å². The number of carbonyl (C=O) groups excluding carboxylic acids is 3. The van der Waals surface area contributed by atoms with Gasteiger partial charge in [0, 0.05) is 30.5 Å². The number of amides is 4. The Hall–Kier alpha value is -4.41. The molecule has 1 aliphatic heterocycles. The third-order valence-electron chi connectivity index (χ3n) is 7.01. The van der Waals surface area contributed by atoms with E-state index in [0.717, 1.165) is 5.56 Å². The standard InChI is InChI=1S/C31H36N4O6/c1-5-40-26(41-6-2)19-35-25-13-8-7-12-24(25)31(29(35)37,27(28(32)36)21-16-14-20(3)15-17-21)34-30(38)33-22-10-9-11-23(18-22)39-4/h7-18,26-27H,5-6,19H2,1-4H3,(H2,32,36)(H2,33,34,38). The van der Waals surface area contributed by atoms with E-state index in [0.29, 0.717) is 41.5 Å². The Labute approximate surface area is 239 Å². The Morgan fingerprint density at radius 2 is 1.66 bits per heavy atom. The number of aryl methyl sites for hydroxylation is 1. The second-order valence-corrected chi connectivity index (χ2v) is 9.64. The third kappa shape index (κ3) is 6.03. The molecule has 0 spiro atoms. The van der Waals surface area contributed by atoms with Gasteiger partial charge in [-0.3, -0.25) is 9.59 Å². The highest BCUT2D eigenvalue weighted by molar-refractivity contribution is 6.13. The van der Waals surface area contributed by atoms with E-state index in [4.69, 9.17) is 19.9 Å². The second-order valence-electron chi connectivity index (χ2n) is 9.64. The highest BCUT2D eigenvalue weighted by Crippen LogP contribution is 2.48. The van der Waals surface area contributed by atoms with Gasteiger partial charge in [0.1, 0.15) is 5.75 Å². The van der Waals surface area contributed by atoms with Gasteiger partial charge in [0.05, 0.1) is 25.3 Å². The molecule has 3 aromatic rings. The van der Waals surface area contributed by atoms with Crippen LogP contribution in [0.25, 0.3) is 0 Å². The van der Waals surface area contributed by atoms with Gasteiger partial charge in [-0.1, -0.05) is 54.1 Å². The summed E-state index contributed by atoms with van der Waals surface area (Å²) in [7, 11) is 1.52. The van der Waals surface area contributed by atoms with Crippen LogP contribution in [0.15, 0.2) is 72.8 Å². The van der Waals surface area contributed by atoms with Gasteiger partial charge < -0.3 is 35.5 Å². The first-order chi connectivity index (χ1) is 19.7. The summed E-state index contributed by atoms with van der Waals surface area (Å²) in [6.45, 7) is 6.36. The number of nitrogens with one attached hydrogen (secondary N) is 2. The van der Waals surface area contributed by atoms with Crippen molar-refractivity contribution >= 4 is 29.2 Å². The summed E-state index contributed by atoms with van der Waals surface area (Å²) in [5.74, 6) is -2.01. The number of nitrogens with zero attached hydrogens (tertiary/aromatic N) is 1. The molecule has 4 N–H and O–H groups in total. The fourth-order valence-electron chi connectivity index (χ4n) is 5.24. The number of ether oxygens (including phenoxy) is 3. The predicted octanol–water partition coefficient (Wildman–Crippen LogP) is 4.04.